The van der Waals surface area contributed by atoms with Gasteiger partial charge in [0.2, 0.25) is 0 Å². The summed E-state index contributed by atoms with van der Waals surface area (Å²) >= 11 is 6.91. The monoisotopic (exact) mass is 437 g/mol. The number of azide groups is 1. The molecule has 2 aromatic carbocycles. The molecule has 0 aliphatic carbocycles. The summed E-state index contributed by atoms with van der Waals surface area (Å²) in [4.78, 5) is 3.08. The number of rotatable bonds is 4. The van der Waals surface area contributed by atoms with Crippen molar-refractivity contribution in [1.82, 2.24) is 0 Å². The molecular formula is C19H17ClFN3O4S. The van der Waals surface area contributed by atoms with E-state index >= 15 is 0 Å². The largest absolute Gasteiger partial charge is 0.389 e. The summed E-state index contributed by atoms with van der Waals surface area (Å²) in [5.41, 5.74) is 8.92. The van der Waals surface area contributed by atoms with E-state index < -0.39 is 41.9 Å². The molecule has 2 fully saturated rings. The van der Waals surface area contributed by atoms with Crippen molar-refractivity contribution in [2.75, 3.05) is 6.61 Å². The van der Waals surface area contributed by atoms with Crippen LogP contribution in [-0.2, 0) is 14.2 Å². The number of aliphatic hydroxyl groups excluding tert-OH is 1. The van der Waals surface area contributed by atoms with Crippen LogP contribution in [0.1, 0.15) is 11.9 Å². The van der Waals surface area contributed by atoms with Crippen LogP contribution in [0.2, 0.25) is 5.02 Å². The van der Waals surface area contributed by atoms with Gasteiger partial charge in [0.05, 0.1) is 12.6 Å². The van der Waals surface area contributed by atoms with Gasteiger partial charge in [0.15, 0.2) is 6.29 Å². The first kappa shape index (κ1) is 20.4. The van der Waals surface area contributed by atoms with E-state index in [1.165, 1.54) is 18.2 Å². The standard InChI is InChI=1S/C19H17ClFN3O4S/c20-11-6-7-12(21)14(8-11)29-19-16(25)15(23-24-22)17-13(27-19)9-26-18(28-17)10-4-2-1-3-5-10/h1-8,13,15-19,25H,9H2/t13?,15?,16?,17-,18?,19+/m0/s1. The summed E-state index contributed by atoms with van der Waals surface area (Å²) in [7, 11) is 0. The number of nitrogens with zero attached hydrogens (tertiary/aromatic N) is 3. The molecule has 0 saturated carbocycles. The van der Waals surface area contributed by atoms with E-state index in [0.717, 1.165) is 17.3 Å². The first-order valence-electron chi connectivity index (χ1n) is 8.88. The molecule has 4 unspecified atom stereocenters. The number of hydrogen-bond donors (Lipinski definition) is 1. The maximum absolute atomic E-state index is 14.1. The van der Waals surface area contributed by atoms with Gasteiger partial charge >= 0.3 is 0 Å². The van der Waals surface area contributed by atoms with Crippen molar-refractivity contribution >= 4 is 23.4 Å². The molecular weight excluding hydrogens is 421 g/mol. The lowest BCUT2D eigenvalue weighted by Crippen LogP contribution is -2.60. The molecule has 7 nitrogen and oxygen atoms in total. The van der Waals surface area contributed by atoms with Gasteiger partial charge < -0.3 is 19.3 Å². The van der Waals surface area contributed by atoms with Crippen molar-refractivity contribution in [1.29, 1.82) is 0 Å². The lowest BCUT2D eigenvalue weighted by atomic mass is 9.97. The van der Waals surface area contributed by atoms with Crippen LogP contribution < -0.4 is 0 Å². The molecule has 2 heterocycles. The minimum Gasteiger partial charge on any atom is -0.389 e. The minimum absolute atomic E-state index is 0.170. The number of ether oxygens (including phenoxy) is 3. The number of thioether (sulfide) groups is 1. The molecule has 0 spiro atoms. The second-order valence-corrected chi connectivity index (χ2v) is 8.17. The van der Waals surface area contributed by atoms with Crippen molar-refractivity contribution < 1.29 is 23.7 Å². The average Bonchev–Trinajstić information content (AvgIpc) is 2.74. The highest BCUT2D eigenvalue weighted by Crippen LogP contribution is 2.40. The van der Waals surface area contributed by atoms with E-state index in [1.807, 2.05) is 30.3 Å². The van der Waals surface area contributed by atoms with Crippen molar-refractivity contribution in [3.05, 3.63) is 75.4 Å². The maximum atomic E-state index is 14.1. The fraction of sp³-hybridized carbons (Fsp3) is 0.368. The van der Waals surface area contributed by atoms with Crippen LogP contribution >= 0.6 is 23.4 Å². The van der Waals surface area contributed by atoms with Gasteiger partial charge in [-0.3, -0.25) is 0 Å². The number of benzene rings is 2. The topological polar surface area (TPSA) is 96.7 Å². The highest BCUT2D eigenvalue weighted by molar-refractivity contribution is 7.99. The third kappa shape index (κ3) is 4.36. The Hall–Kier alpha value is -1.84. The van der Waals surface area contributed by atoms with Crippen LogP contribution in [-0.4, -0.2) is 41.5 Å². The van der Waals surface area contributed by atoms with Crippen molar-refractivity contribution in [2.45, 2.75) is 41.0 Å². The lowest BCUT2D eigenvalue weighted by Gasteiger charge is -2.46. The molecule has 2 aromatic rings. The summed E-state index contributed by atoms with van der Waals surface area (Å²) in [5, 5.41) is 14.9. The van der Waals surface area contributed by atoms with E-state index in [0.29, 0.717) is 5.02 Å². The predicted molar refractivity (Wildman–Crippen MR) is 105 cm³/mol. The van der Waals surface area contributed by atoms with Gasteiger partial charge in [0, 0.05) is 20.4 Å². The first-order chi connectivity index (χ1) is 14.1. The van der Waals surface area contributed by atoms with E-state index in [1.54, 1.807) is 0 Å². The normalized spacial score (nSPS) is 31.6. The molecule has 29 heavy (non-hydrogen) atoms. The molecule has 6 atom stereocenters. The highest BCUT2D eigenvalue weighted by Gasteiger charge is 2.49. The third-order valence-corrected chi connectivity index (χ3v) is 6.15. The zero-order valence-electron chi connectivity index (χ0n) is 15.0. The molecule has 2 saturated heterocycles. The second-order valence-electron chi connectivity index (χ2n) is 6.60. The first-order valence-corrected chi connectivity index (χ1v) is 10.1. The molecule has 2 aliphatic rings. The Bertz CT molecular complexity index is 918. The minimum atomic E-state index is -1.22. The Kier molecular flexibility index (Phi) is 6.26. The predicted octanol–water partition coefficient (Wildman–Crippen LogP) is 4.45. The third-order valence-electron chi connectivity index (χ3n) is 4.73. The van der Waals surface area contributed by atoms with E-state index in [2.05, 4.69) is 10.0 Å². The van der Waals surface area contributed by atoms with Gasteiger partial charge in [-0.2, -0.15) is 0 Å². The molecule has 1 N–H and O–H groups in total. The maximum Gasteiger partial charge on any atom is 0.184 e. The van der Waals surface area contributed by atoms with Crippen LogP contribution in [0.25, 0.3) is 10.4 Å². The summed E-state index contributed by atoms with van der Waals surface area (Å²) in [5.74, 6) is -0.488. The van der Waals surface area contributed by atoms with E-state index in [4.69, 9.17) is 31.3 Å². The van der Waals surface area contributed by atoms with Crippen LogP contribution in [0.5, 0.6) is 0 Å². The van der Waals surface area contributed by atoms with Gasteiger partial charge in [-0.1, -0.05) is 58.8 Å². The second kappa shape index (κ2) is 8.89. The van der Waals surface area contributed by atoms with Gasteiger partial charge in [-0.05, 0) is 23.7 Å². The fourth-order valence-electron chi connectivity index (χ4n) is 3.34. The number of halogens is 2. The average molecular weight is 438 g/mol. The molecule has 10 heteroatoms. The number of hydrogen-bond acceptors (Lipinski definition) is 6. The molecule has 0 radical (unpaired) electrons. The fourth-order valence-corrected chi connectivity index (χ4v) is 4.70. The Morgan fingerprint density at radius 3 is 2.76 bits per heavy atom. The van der Waals surface area contributed by atoms with E-state index in [-0.39, 0.29) is 11.5 Å². The van der Waals surface area contributed by atoms with Crippen LogP contribution in [0.15, 0.2) is 58.5 Å². The summed E-state index contributed by atoms with van der Waals surface area (Å²) < 4.78 is 31.8. The molecule has 0 aromatic heterocycles. The van der Waals surface area contributed by atoms with Gasteiger partial charge in [0.1, 0.15) is 29.6 Å². The van der Waals surface area contributed by atoms with Crippen LogP contribution in [0.3, 0.4) is 0 Å². The Labute approximate surface area is 175 Å². The molecule has 4 rings (SSSR count). The molecule has 0 amide bonds. The summed E-state index contributed by atoms with van der Waals surface area (Å²) in [6.45, 7) is 0.170. The zero-order chi connectivity index (χ0) is 20.4. The lowest BCUT2D eigenvalue weighted by molar-refractivity contribution is -0.297. The number of aliphatic hydroxyl groups is 1. The molecule has 0 bridgehead atoms. The Morgan fingerprint density at radius 1 is 1.21 bits per heavy atom. The summed E-state index contributed by atoms with van der Waals surface area (Å²) in [6.07, 6.45) is -3.18. The van der Waals surface area contributed by atoms with Crippen LogP contribution in [0, 0.1) is 5.82 Å². The summed E-state index contributed by atoms with van der Waals surface area (Å²) in [6, 6.07) is 12.5. The highest BCUT2D eigenvalue weighted by atomic mass is 35.5. The van der Waals surface area contributed by atoms with Crippen molar-refractivity contribution in [3.63, 3.8) is 0 Å². The van der Waals surface area contributed by atoms with E-state index in [9.17, 15) is 9.50 Å². The smallest absolute Gasteiger partial charge is 0.184 e. The quantitative estimate of drug-likeness (QED) is 0.433. The van der Waals surface area contributed by atoms with Gasteiger partial charge in [-0.25, -0.2) is 4.39 Å². The molecule has 152 valence electrons. The van der Waals surface area contributed by atoms with Gasteiger partial charge in [-0.15, -0.1) is 0 Å². The van der Waals surface area contributed by atoms with Crippen molar-refractivity contribution in [3.8, 4) is 0 Å². The van der Waals surface area contributed by atoms with Gasteiger partial charge in [0.25, 0.3) is 0 Å². The zero-order valence-corrected chi connectivity index (χ0v) is 16.5. The van der Waals surface area contributed by atoms with Crippen molar-refractivity contribution in [2.24, 2.45) is 5.11 Å². The Balaban J connectivity index is 1.56. The Morgan fingerprint density at radius 2 is 2.00 bits per heavy atom. The van der Waals surface area contributed by atoms with Crippen LogP contribution in [0.4, 0.5) is 4.39 Å². The number of fused-ring (bicyclic) bond motifs is 1. The SMILES string of the molecule is [N-]=[N+]=NC1C(O)[C@@H](Sc2cc(Cl)ccc2F)OC2COC(c3ccccc3)O[C@@H]21. The molecule has 2 aliphatic heterocycles.